The second-order valence-electron chi connectivity index (χ2n) is 6.13. The summed E-state index contributed by atoms with van der Waals surface area (Å²) < 4.78 is 0.940. The van der Waals surface area contributed by atoms with Gasteiger partial charge in [-0.05, 0) is 43.5 Å². The van der Waals surface area contributed by atoms with Gasteiger partial charge in [0.2, 0.25) is 0 Å². The average Bonchev–Trinajstić information content (AvgIpc) is 2.82. The van der Waals surface area contributed by atoms with Gasteiger partial charge in [-0.2, -0.15) is 0 Å². The summed E-state index contributed by atoms with van der Waals surface area (Å²) in [6.07, 6.45) is 2.14. The smallest absolute Gasteiger partial charge is 0.262 e. The zero-order valence-electron chi connectivity index (χ0n) is 12.7. The van der Waals surface area contributed by atoms with Crippen molar-refractivity contribution in [1.82, 2.24) is 10.6 Å². The molecule has 0 spiro atoms. The van der Waals surface area contributed by atoms with Crippen LogP contribution in [0.25, 0.3) is 10.1 Å². The highest BCUT2D eigenvalue weighted by Gasteiger charge is 2.28. The number of amides is 1. The molecule has 1 fully saturated rings. The molecule has 0 bridgehead atoms. The van der Waals surface area contributed by atoms with E-state index in [2.05, 4.69) is 17.6 Å². The number of hydrogen-bond acceptors (Lipinski definition) is 3. The van der Waals surface area contributed by atoms with Gasteiger partial charge in [0.25, 0.3) is 5.91 Å². The van der Waals surface area contributed by atoms with Gasteiger partial charge in [0, 0.05) is 21.7 Å². The van der Waals surface area contributed by atoms with E-state index in [4.69, 9.17) is 23.2 Å². The van der Waals surface area contributed by atoms with Crippen molar-refractivity contribution in [3.63, 3.8) is 0 Å². The van der Waals surface area contributed by atoms with E-state index in [-0.39, 0.29) is 23.7 Å². The SMILES string of the molecule is CC1(CNC(=O)c2sc3cc(Cl)ccc3c2Cl)CCNCC1.Cl. The van der Waals surface area contributed by atoms with Crippen molar-refractivity contribution in [2.75, 3.05) is 19.6 Å². The van der Waals surface area contributed by atoms with Crippen LogP contribution >= 0.6 is 46.9 Å². The minimum absolute atomic E-state index is 0. The monoisotopic (exact) mass is 392 g/mol. The Hall–Kier alpha value is -0.520. The first kappa shape index (κ1) is 18.8. The molecule has 3 nitrogen and oxygen atoms in total. The summed E-state index contributed by atoms with van der Waals surface area (Å²) in [7, 11) is 0. The Balaban J connectivity index is 0.00000192. The largest absolute Gasteiger partial charge is 0.351 e. The Kier molecular flexibility index (Phi) is 6.20. The van der Waals surface area contributed by atoms with Crippen LogP contribution in [0.2, 0.25) is 10.0 Å². The Bertz CT molecular complexity index is 711. The van der Waals surface area contributed by atoms with Crippen LogP contribution in [0.5, 0.6) is 0 Å². The minimum atomic E-state index is -0.0953. The molecule has 1 aromatic carbocycles. The van der Waals surface area contributed by atoms with Gasteiger partial charge in [-0.1, -0.05) is 36.2 Å². The Labute approximate surface area is 156 Å². The molecule has 3 rings (SSSR count). The first-order valence-electron chi connectivity index (χ1n) is 7.35. The van der Waals surface area contributed by atoms with Crippen LogP contribution in [-0.2, 0) is 0 Å². The normalized spacial score (nSPS) is 16.8. The summed E-state index contributed by atoms with van der Waals surface area (Å²) in [6, 6.07) is 5.50. The highest BCUT2D eigenvalue weighted by molar-refractivity contribution is 7.21. The van der Waals surface area contributed by atoms with Crippen LogP contribution in [-0.4, -0.2) is 25.5 Å². The number of hydrogen-bond donors (Lipinski definition) is 2. The summed E-state index contributed by atoms with van der Waals surface area (Å²) in [4.78, 5) is 13.0. The van der Waals surface area contributed by atoms with Crippen LogP contribution in [0, 0.1) is 5.41 Å². The Morgan fingerprint density at radius 1 is 1.35 bits per heavy atom. The van der Waals surface area contributed by atoms with Crippen molar-refractivity contribution in [1.29, 1.82) is 0 Å². The van der Waals surface area contributed by atoms with Gasteiger partial charge < -0.3 is 10.6 Å². The molecule has 0 aliphatic carbocycles. The lowest BCUT2D eigenvalue weighted by atomic mass is 9.81. The molecule has 0 radical (unpaired) electrons. The number of halogens is 3. The van der Waals surface area contributed by atoms with Crippen molar-refractivity contribution >= 4 is 62.9 Å². The Morgan fingerprint density at radius 3 is 2.74 bits per heavy atom. The maximum Gasteiger partial charge on any atom is 0.262 e. The van der Waals surface area contributed by atoms with Crippen LogP contribution in [0.1, 0.15) is 29.4 Å². The van der Waals surface area contributed by atoms with Gasteiger partial charge in [-0.25, -0.2) is 0 Å². The van der Waals surface area contributed by atoms with Crippen molar-refractivity contribution in [2.24, 2.45) is 5.41 Å². The maximum absolute atomic E-state index is 12.5. The number of piperidine rings is 1. The van der Waals surface area contributed by atoms with E-state index < -0.39 is 0 Å². The molecular formula is C16H19Cl3N2OS. The third kappa shape index (κ3) is 4.12. The fraction of sp³-hybridized carbons (Fsp3) is 0.438. The number of carbonyl (C=O) groups excluding carboxylic acids is 1. The quantitative estimate of drug-likeness (QED) is 0.790. The Morgan fingerprint density at radius 2 is 2.04 bits per heavy atom. The zero-order valence-corrected chi connectivity index (χ0v) is 15.9. The third-order valence-electron chi connectivity index (χ3n) is 4.28. The van der Waals surface area contributed by atoms with Crippen LogP contribution < -0.4 is 10.6 Å². The molecule has 1 saturated heterocycles. The first-order valence-corrected chi connectivity index (χ1v) is 8.92. The van der Waals surface area contributed by atoms with Gasteiger partial charge >= 0.3 is 0 Å². The number of carbonyl (C=O) groups is 1. The molecular weight excluding hydrogens is 375 g/mol. The molecule has 126 valence electrons. The van der Waals surface area contributed by atoms with E-state index in [0.29, 0.717) is 21.5 Å². The van der Waals surface area contributed by atoms with E-state index in [1.54, 1.807) is 6.07 Å². The lowest BCUT2D eigenvalue weighted by molar-refractivity contribution is 0.0926. The first-order chi connectivity index (χ1) is 10.5. The van der Waals surface area contributed by atoms with Gasteiger partial charge in [0.1, 0.15) is 4.88 Å². The topological polar surface area (TPSA) is 41.1 Å². The maximum atomic E-state index is 12.5. The number of benzene rings is 1. The molecule has 1 amide bonds. The predicted octanol–water partition coefficient (Wildman–Crippen LogP) is 4.75. The van der Waals surface area contributed by atoms with Gasteiger partial charge in [0.15, 0.2) is 0 Å². The third-order valence-corrected chi connectivity index (χ3v) is 6.18. The predicted molar refractivity (Wildman–Crippen MR) is 102 cm³/mol. The molecule has 23 heavy (non-hydrogen) atoms. The second kappa shape index (κ2) is 7.58. The van der Waals surface area contributed by atoms with Crippen molar-refractivity contribution < 1.29 is 4.79 Å². The molecule has 7 heteroatoms. The molecule has 1 aliphatic rings. The van der Waals surface area contributed by atoms with Gasteiger partial charge in [0.05, 0.1) is 5.02 Å². The molecule has 2 aromatic rings. The van der Waals surface area contributed by atoms with Crippen LogP contribution in [0.4, 0.5) is 0 Å². The summed E-state index contributed by atoms with van der Waals surface area (Å²) in [5.74, 6) is -0.0953. The van der Waals surface area contributed by atoms with E-state index in [1.807, 2.05) is 12.1 Å². The fourth-order valence-corrected chi connectivity index (χ4v) is 4.48. The zero-order chi connectivity index (χ0) is 15.7. The lowest BCUT2D eigenvalue weighted by Crippen LogP contribution is -2.42. The van der Waals surface area contributed by atoms with E-state index >= 15 is 0 Å². The van der Waals surface area contributed by atoms with E-state index in [9.17, 15) is 4.79 Å². The molecule has 0 atom stereocenters. The summed E-state index contributed by atoms with van der Waals surface area (Å²) >= 11 is 13.7. The number of rotatable bonds is 3. The molecule has 0 unspecified atom stereocenters. The van der Waals surface area contributed by atoms with Crippen LogP contribution in [0.3, 0.4) is 0 Å². The lowest BCUT2D eigenvalue weighted by Gasteiger charge is -2.34. The standard InChI is InChI=1S/C16H18Cl2N2OS.ClH/c1-16(4-6-19-7-5-16)9-20-15(21)14-13(18)11-3-2-10(17)8-12(11)22-14;/h2-3,8,19H,4-7,9H2,1H3,(H,20,21);1H. The summed E-state index contributed by atoms with van der Waals surface area (Å²) in [6.45, 7) is 4.92. The minimum Gasteiger partial charge on any atom is -0.351 e. The number of nitrogens with one attached hydrogen (secondary N) is 2. The highest BCUT2D eigenvalue weighted by Crippen LogP contribution is 2.37. The fourth-order valence-electron chi connectivity index (χ4n) is 2.77. The van der Waals surface area contributed by atoms with Gasteiger partial charge in [-0.15, -0.1) is 23.7 Å². The number of thiophene rings is 1. The second-order valence-corrected chi connectivity index (χ2v) is 8.00. The average molecular weight is 394 g/mol. The highest BCUT2D eigenvalue weighted by atomic mass is 35.5. The van der Waals surface area contributed by atoms with Crippen molar-refractivity contribution in [3.8, 4) is 0 Å². The number of fused-ring (bicyclic) bond motifs is 1. The van der Waals surface area contributed by atoms with E-state index in [0.717, 1.165) is 36.0 Å². The van der Waals surface area contributed by atoms with Gasteiger partial charge in [-0.3, -0.25) is 4.79 Å². The summed E-state index contributed by atoms with van der Waals surface area (Å²) in [5, 5.41) is 8.45. The molecule has 0 saturated carbocycles. The van der Waals surface area contributed by atoms with Crippen molar-refractivity contribution in [3.05, 3.63) is 33.1 Å². The van der Waals surface area contributed by atoms with E-state index in [1.165, 1.54) is 11.3 Å². The summed E-state index contributed by atoms with van der Waals surface area (Å²) in [5.41, 5.74) is 0.160. The molecule has 1 aromatic heterocycles. The molecule has 2 N–H and O–H groups in total. The molecule has 1 aliphatic heterocycles. The van der Waals surface area contributed by atoms with Crippen LogP contribution in [0.15, 0.2) is 18.2 Å². The molecule has 2 heterocycles. The van der Waals surface area contributed by atoms with Crippen molar-refractivity contribution in [2.45, 2.75) is 19.8 Å².